The molecule has 0 atom stereocenters. The van der Waals surface area contributed by atoms with Gasteiger partial charge in [-0.2, -0.15) is 0 Å². The van der Waals surface area contributed by atoms with E-state index in [1.807, 2.05) is 0 Å². The standard InChI is InChI=1S/C17H15BrFNO2/c18-13-10-8-12(9-11-13)16(21)6-3-7-17(22)20-15-5-2-1-4-14(15)19/h1-2,4-5,8-11H,3,6-7H2,(H,20,22). The van der Waals surface area contributed by atoms with E-state index in [-0.39, 0.29) is 30.2 Å². The van der Waals surface area contributed by atoms with E-state index in [1.54, 1.807) is 36.4 Å². The average molecular weight is 364 g/mol. The van der Waals surface area contributed by atoms with Gasteiger partial charge in [-0.1, -0.05) is 40.2 Å². The highest BCUT2D eigenvalue weighted by Gasteiger charge is 2.09. The molecule has 0 radical (unpaired) electrons. The highest BCUT2D eigenvalue weighted by atomic mass is 79.9. The highest BCUT2D eigenvalue weighted by molar-refractivity contribution is 9.10. The molecule has 5 heteroatoms. The molecular weight excluding hydrogens is 349 g/mol. The van der Waals surface area contributed by atoms with Crippen LogP contribution in [0, 0.1) is 5.82 Å². The number of para-hydroxylation sites is 1. The van der Waals surface area contributed by atoms with E-state index in [4.69, 9.17) is 0 Å². The number of hydrogen-bond acceptors (Lipinski definition) is 2. The fourth-order valence-electron chi connectivity index (χ4n) is 1.96. The molecule has 0 aliphatic rings. The second kappa shape index (κ2) is 7.84. The Morgan fingerprint density at radius 1 is 1.00 bits per heavy atom. The number of Topliss-reactive ketones (excluding diaryl/α,β-unsaturated/α-hetero) is 1. The van der Waals surface area contributed by atoms with Gasteiger partial charge in [0.2, 0.25) is 5.91 Å². The molecule has 0 heterocycles. The molecule has 0 fully saturated rings. The molecule has 0 unspecified atom stereocenters. The monoisotopic (exact) mass is 363 g/mol. The van der Waals surface area contributed by atoms with Gasteiger partial charge in [-0.05, 0) is 30.7 Å². The fraction of sp³-hybridized carbons (Fsp3) is 0.176. The number of carbonyl (C=O) groups is 2. The van der Waals surface area contributed by atoms with Crippen molar-refractivity contribution in [2.24, 2.45) is 0 Å². The van der Waals surface area contributed by atoms with Crippen molar-refractivity contribution < 1.29 is 14.0 Å². The van der Waals surface area contributed by atoms with Crippen molar-refractivity contribution in [3.05, 3.63) is 64.4 Å². The quantitative estimate of drug-likeness (QED) is 0.763. The molecule has 0 aliphatic heterocycles. The molecule has 1 amide bonds. The Hall–Kier alpha value is -2.01. The van der Waals surface area contributed by atoms with E-state index in [0.717, 1.165) is 4.47 Å². The van der Waals surface area contributed by atoms with Crippen molar-refractivity contribution in [3.8, 4) is 0 Å². The topological polar surface area (TPSA) is 46.2 Å². The molecule has 0 saturated heterocycles. The van der Waals surface area contributed by atoms with Crippen LogP contribution in [0.4, 0.5) is 10.1 Å². The van der Waals surface area contributed by atoms with Crippen molar-refractivity contribution in [1.82, 2.24) is 0 Å². The Morgan fingerprint density at radius 2 is 1.68 bits per heavy atom. The SMILES string of the molecule is O=C(CCCC(=O)c1ccc(Br)cc1)Nc1ccccc1F. The first-order valence-corrected chi connectivity index (χ1v) is 7.69. The van der Waals surface area contributed by atoms with Crippen molar-refractivity contribution in [1.29, 1.82) is 0 Å². The molecule has 114 valence electrons. The van der Waals surface area contributed by atoms with Gasteiger partial charge in [0.25, 0.3) is 0 Å². The molecule has 22 heavy (non-hydrogen) atoms. The summed E-state index contributed by atoms with van der Waals surface area (Å²) >= 11 is 3.31. The van der Waals surface area contributed by atoms with E-state index in [1.165, 1.54) is 12.1 Å². The van der Waals surface area contributed by atoms with Crippen molar-refractivity contribution in [3.63, 3.8) is 0 Å². The van der Waals surface area contributed by atoms with Gasteiger partial charge in [0, 0.05) is 22.9 Å². The van der Waals surface area contributed by atoms with Gasteiger partial charge in [-0.15, -0.1) is 0 Å². The molecule has 2 aromatic carbocycles. The van der Waals surface area contributed by atoms with Gasteiger partial charge in [0.1, 0.15) is 5.82 Å². The molecule has 0 aliphatic carbocycles. The van der Waals surface area contributed by atoms with Crippen LogP contribution in [0.3, 0.4) is 0 Å². The summed E-state index contributed by atoms with van der Waals surface area (Å²) in [6.07, 6.45) is 0.887. The van der Waals surface area contributed by atoms with Crippen LogP contribution >= 0.6 is 15.9 Å². The maximum atomic E-state index is 13.4. The first-order valence-electron chi connectivity index (χ1n) is 6.89. The zero-order valence-electron chi connectivity index (χ0n) is 11.8. The second-order valence-electron chi connectivity index (χ2n) is 4.81. The summed E-state index contributed by atoms with van der Waals surface area (Å²) in [7, 11) is 0. The van der Waals surface area contributed by atoms with E-state index in [2.05, 4.69) is 21.2 Å². The summed E-state index contributed by atoms with van der Waals surface area (Å²) in [5.41, 5.74) is 0.782. The molecule has 0 bridgehead atoms. The molecule has 3 nitrogen and oxygen atoms in total. The Morgan fingerprint density at radius 3 is 2.36 bits per heavy atom. The second-order valence-corrected chi connectivity index (χ2v) is 5.73. The van der Waals surface area contributed by atoms with Crippen molar-refractivity contribution in [2.75, 3.05) is 5.32 Å². The molecular formula is C17H15BrFNO2. The van der Waals surface area contributed by atoms with Crippen molar-refractivity contribution in [2.45, 2.75) is 19.3 Å². The number of hydrogen-bond donors (Lipinski definition) is 1. The Balaban J connectivity index is 1.78. The highest BCUT2D eigenvalue weighted by Crippen LogP contribution is 2.15. The summed E-state index contributed by atoms with van der Waals surface area (Å²) < 4.78 is 14.3. The van der Waals surface area contributed by atoms with E-state index in [0.29, 0.717) is 12.0 Å². The van der Waals surface area contributed by atoms with Crippen molar-refractivity contribution >= 4 is 33.3 Å². The van der Waals surface area contributed by atoms with Gasteiger partial charge in [0.15, 0.2) is 5.78 Å². The molecule has 2 rings (SSSR count). The molecule has 2 aromatic rings. The van der Waals surface area contributed by atoms with Crippen LogP contribution in [-0.4, -0.2) is 11.7 Å². The van der Waals surface area contributed by atoms with Gasteiger partial charge in [-0.3, -0.25) is 9.59 Å². The van der Waals surface area contributed by atoms with E-state index < -0.39 is 5.82 Å². The Kier molecular flexibility index (Phi) is 5.83. The maximum absolute atomic E-state index is 13.4. The summed E-state index contributed by atoms with van der Waals surface area (Å²) in [6.45, 7) is 0. The lowest BCUT2D eigenvalue weighted by Crippen LogP contribution is -2.13. The number of carbonyl (C=O) groups excluding carboxylic acids is 2. The summed E-state index contributed by atoms with van der Waals surface area (Å²) in [5, 5.41) is 2.50. The fourth-order valence-corrected chi connectivity index (χ4v) is 2.23. The third-order valence-corrected chi connectivity index (χ3v) is 3.65. The zero-order chi connectivity index (χ0) is 15.9. The van der Waals surface area contributed by atoms with Crippen LogP contribution in [0.25, 0.3) is 0 Å². The van der Waals surface area contributed by atoms with Crippen LogP contribution in [0.2, 0.25) is 0 Å². The van der Waals surface area contributed by atoms with Crippen LogP contribution in [0.5, 0.6) is 0 Å². The lowest BCUT2D eigenvalue weighted by Gasteiger charge is -2.06. The van der Waals surface area contributed by atoms with Gasteiger partial charge in [0.05, 0.1) is 5.69 Å². The number of benzene rings is 2. The van der Waals surface area contributed by atoms with Gasteiger partial charge < -0.3 is 5.32 Å². The largest absolute Gasteiger partial charge is 0.324 e. The first-order chi connectivity index (χ1) is 10.6. The van der Waals surface area contributed by atoms with Crippen LogP contribution < -0.4 is 5.32 Å². The number of ketones is 1. The molecule has 0 aromatic heterocycles. The predicted octanol–water partition coefficient (Wildman–Crippen LogP) is 4.58. The lowest BCUT2D eigenvalue weighted by atomic mass is 10.1. The summed E-state index contributed by atoms with van der Waals surface area (Å²) in [5.74, 6) is -0.776. The number of anilines is 1. The average Bonchev–Trinajstić information content (AvgIpc) is 2.50. The minimum Gasteiger partial charge on any atom is -0.324 e. The number of nitrogens with one attached hydrogen (secondary N) is 1. The van der Waals surface area contributed by atoms with Crippen LogP contribution in [-0.2, 0) is 4.79 Å². The Labute approximate surface area is 136 Å². The summed E-state index contributed by atoms with van der Waals surface area (Å²) in [6, 6.07) is 13.1. The van der Waals surface area contributed by atoms with E-state index in [9.17, 15) is 14.0 Å². The number of amides is 1. The first kappa shape index (κ1) is 16.4. The van der Waals surface area contributed by atoms with Gasteiger partial charge in [-0.25, -0.2) is 4.39 Å². The lowest BCUT2D eigenvalue weighted by molar-refractivity contribution is -0.116. The Bertz CT molecular complexity index is 671. The normalized spacial score (nSPS) is 10.3. The predicted molar refractivity (Wildman–Crippen MR) is 87.4 cm³/mol. The maximum Gasteiger partial charge on any atom is 0.224 e. The smallest absolute Gasteiger partial charge is 0.224 e. The third kappa shape index (κ3) is 4.77. The minimum atomic E-state index is -0.471. The molecule has 0 saturated carbocycles. The third-order valence-electron chi connectivity index (χ3n) is 3.12. The minimum absolute atomic E-state index is 0.00816. The number of halogens is 2. The zero-order valence-corrected chi connectivity index (χ0v) is 13.4. The number of rotatable bonds is 6. The van der Waals surface area contributed by atoms with E-state index >= 15 is 0 Å². The van der Waals surface area contributed by atoms with Crippen LogP contribution in [0.15, 0.2) is 53.0 Å². The molecule has 0 spiro atoms. The van der Waals surface area contributed by atoms with Crippen LogP contribution in [0.1, 0.15) is 29.6 Å². The van der Waals surface area contributed by atoms with Gasteiger partial charge >= 0.3 is 0 Å². The summed E-state index contributed by atoms with van der Waals surface area (Å²) in [4.78, 5) is 23.7. The molecule has 1 N–H and O–H groups in total.